The molecule has 0 bridgehead atoms. The van der Waals surface area contributed by atoms with Gasteiger partial charge in [0.05, 0.1) is 24.2 Å². The normalized spacial score (nSPS) is 17.9. The number of methoxy groups -OCH3 is 1. The Morgan fingerprint density at radius 1 is 1.13 bits per heavy atom. The zero-order chi connectivity index (χ0) is 27.1. The van der Waals surface area contributed by atoms with Gasteiger partial charge < -0.3 is 24.4 Å². The van der Waals surface area contributed by atoms with E-state index in [-0.39, 0.29) is 18.0 Å². The number of rotatable bonds is 7. The van der Waals surface area contributed by atoms with Crippen LogP contribution in [-0.4, -0.2) is 53.8 Å². The molecule has 2 amide bonds. The molecule has 1 aromatic heterocycles. The molecule has 38 heavy (non-hydrogen) atoms. The van der Waals surface area contributed by atoms with Crippen molar-refractivity contribution < 1.29 is 23.8 Å². The second kappa shape index (κ2) is 9.82. The maximum Gasteiger partial charge on any atom is 0.410 e. The molecule has 8 nitrogen and oxygen atoms in total. The molecule has 2 aliphatic rings. The van der Waals surface area contributed by atoms with Gasteiger partial charge in [0.2, 0.25) is 0 Å². The van der Waals surface area contributed by atoms with E-state index in [0.29, 0.717) is 24.5 Å². The van der Waals surface area contributed by atoms with Gasteiger partial charge >= 0.3 is 6.09 Å². The summed E-state index contributed by atoms with van der Waals surface area (Å²) in [5, 5.41) is 4.30. The molecule has 2 heterocycles. The van der Waals surface area contributed by atoms with Crippen molar-refractivity contribution in [2.24, 2.45) is 0 Å². The summed E-state index contributed by atoms with van der Waals surface area (Å²) in [6.45, 7) is 8.48. The summed E-state index contributed by atoms with van der Waals surface area (Å²) in [5.41, 5.74) is 2.29. The first kappa shape index (κ1) is 25.8. The second-order valence-electron chi connectivity index (χ2n) is 11.2. The fraction of sp³-hybridized carbons (Fsp3) is 0.433. The Balaban J connectivity index is 1.29. The summed E-state index contributed by atoms with van der Waals surface area (Å²) in [5.74, 6) is 1.16. The molecule has 2 aromatic carbocycles. The molecule has 8 heteroatoms. The Kier molecular flexibility index (Phi) is 6.67. The van der Waals surface area contributed by atoms with E-state index in [9.17, 15) is 9.59 Å². The number of carbonyl (C=O) groups is 2. The SMILES string of the molecule is COc1cc(C2(NC(=O)c3cc(OCC4CCN4C(=O)OC(C)(C)C)ccc3C)CC2)c2cccnc2c1. The maximum atomic E-state index is 13.5. The van der Waals surface area contributed by atoms with Crippen LogP contribution < -0.4 is 14.8 Å². The van der Waals surface area contributed by atoms with Crippen molar-refractivity contribution in [2.45, 2.75) is 64.1 Å². The number of aromatic nitrogens is 1. The summed E-state index contributed by atoms with van der Waals surface area (Å²) in [6.07, 6.45) is 3.97. The van der Waals surface area contributed by atoms with E-state index in [2.05, 4.69) is 10.3 Å². The van der Waals surface area contributed by atoms with E-state index in [0.717, 1.165) is 47.0 Å². The van der Waals surface area contributed by atoms with Crippen LogP contribution in [0.2, 0.25) is 0 Å². The number of aryl methyl sites for hydroxylation is 1. The lowest BCUT2D eigenvalue weighted by Gasteiger charge is -2.41. The highest BCUT2D eigenvalue weighted by molar-refractivity contribution is 5.97. The predicted molar refractivity (Wildman–Crippen MR) is 145 cm³/mol. The highest BCUT2D eigenvalue weighted by Gasteiger charge is 2.47. The molecule has 0 radical (unpaired) electrons. The number of hydrogen-bond acceptors (Lipinski definition) is 6. The van der Waals surface area contributed by atoms with Crippen molar-refractivity contribution in [3.63, 3.8) is 0 Å². The second-order valence-corrected chi connectivity index (χ2v) is 11.2. The third kappa shape index (κ3) is 5.26. The molecule has 1 saturated carbocycles. The average molecular weight is 518 g/mol. The molecule has 1 unspecified atom stereocenters. The van der Waals surface area contributed by atoms with Crippen LogP contribution in [0.1, 0.15) is 61.5 Å². The zero-order valence-electron chi connectivity index (χ0n) is 22.7. The molecule has 1 atom stereocenters. The van der Waals surface area contributed by atoms with Gasteiger partial charge in [0.25, 0.3) is 5.91 Å². The van der Waals surface area contributed by atoms with Gasteiger partial charge in [-0.15, -0.1) is 0 Å². The molecule has 2 fully saturated rings. The zero-order valence-corrected chi connectivity index (χ0v) is 22.7. The van der Waals surface area contributed by atoms with Gasteiger partial charge in [-0.2, -0.15) is 0 Å². The standard InChI is InChI=1S/C30H35N3O5/c1-19-8-9-21(37-18-20-10-14-33(20)28(35)38-29(2,3)4)15-24(19)27(34)32-30(11-12-30)25-16-22(36-5)17-26-23(25)7-6-13-31-26/h6-9,13,15-17,20H,10-12,14,18H2,1-5H3,(H,32,34). The lowest BCUT2D eigenvalue weighted by atomic mass is 9.97. The predicted octanol–water partition coefficient (Wildman–Crippen LogP) is 5.36. The minimum absolute atomic E-state index is 0.0480. The van der Waals surface area contributed by atoms with Gasteiger partial charge in [0.1, 0.15) is 23.7 Å². The molecule has 0 spiro atoms. The minimum atomic E-state index is -0.538. The monoisotopic (exact) mass is 517 g/mol. The number of nitrogens with one attached hydrogen (secondary N) is 1. The highest BCUT2D eigenvalue weighted by Crippen LogP contribution is 2.49. The molecule has 1 N–H and O–H groups in total. The third-order valence-corrected chi connectivity index (χ3v) is 7.22. The van der Waals surface area contributed by atoms with E-state index in [1.54, 1.807) is 24.3 Å². The Morgan fingerprint density at radius 2 is 1.92 bits per heavy atom. The van der Waals surface area contributed by atoms with Gasteiger partial charge in [0.15, 0.2) is 0 Å². The number of carbonyl (C=O) groups excluding carboxylic acids is 2. The van der Waals surface area contributed by atoms with Crippen LogP contribution in [0.4, 0.5) is 4.79 Å². The third-order valence-electron chi connectivity index (χ3n) is 7.22. The maximum absolute atomic E-state index is 13.5. The number of nitrogens with zero attached hydrogens (tertiary/aromatic N) is 2. The Hall–Kier alpha value is -3.81. The Labute approximate surface area is 223 Å². The lowest BCUT2D eigenvalue weighted by molar-refractivity contribution is -0.0141. The van der Waals surface area contributed by atoms with Gasteiger partial charge in [-0.3, -0.25) is 9.78 Å². The molecule has 5 rings (SSSR count). The van der Waals surface area contributed by atoms with E-state index in [1.807, 2.05) is 64.1 Å². The first-order valence-corrected chi connectivity index (χ1v) is 13.1. The van der Waals surface area contributed by atoms with E-state index >= 15 is 0 Å². The summed E-state index contributed by atoms with van der Waals surface area (Å²) in [6, 6.07) is 13.3. The molecular weight excluding hydrogens is 482 g/mol. The number of hydrogen-bond donors (Lipinski definition) is 1. The summed E-state index contributed by atoms with van der Waals surface area (Å²) in [4.78, 5) is 32.1. The van der Waals surface area contributed by atoms with Crippen LogP contribution in [0.25, 0.3) is 10.9 Å². The minimum Gasteiger partial charge on any atom is -0.497 e. The molecule has 1 saturated heterocycles. The fourth-order valence-electron chi connectivity index (χ4n) is 4.84. The van der Waals surface area contributed by atoms with E-state index < -0.39 is 11.1 Å². The number of likely N-dealkylation sites (tertiary alicyclic amines) is 1. The first-order valence-electron chi connectivity index (χ1n) is 13.1. The Bertz CT molecular complexity index is 1380. The number of benzene rings is 2. The number of pyridine rings is 1. The van der Waals surface area contributed by atoms with Gasteiger partial charge in [-0.1, -0.05) is 12.1 Å². The van der Waals surface area contributed by atoms with Crippen molar-refractivity contribution >= 4 is 22.9 Å². The van der Waals surface area contributed by atoms with Crippen LogP contribution in [0.3, 0.4) is 0 Å². The van der Waals surface area contributed by atoms with Crippen LogP contribution in [-0.2, 0) is 10.3 Å². The molecule has 200 valence electrons. The Morgan fingerprint density at radius 3 is 2.58 bits per heavy atom. The number of fused-ring (bicyclic) bond motifs is 1. The molecule has 1 aliphatic carbocycles. The highest BCUT2D eigenvalue weighted by atomic mass is 16.6. The van der Waals surface area contributed by atoms with Crippen LogP contribution in [0.15, 0.2) is 48.7 Å². The van der Waals surface area contributed by atoms with Crippen molar-refractivity contribution in [1.82, 2.24) is 15.2 Å². The fourth-order valence-corrected chi connectivity index (χ4v) is 4.84. The smallest absolute Gasteiger partial charge is 0.410 e. The van der Waals surface area contributed by atoms with E-state index in [4.69, 9.17) is 14.2 Å². The summed E-state index contributed by atoms with van der Waals surface area (Å²) in [7, 11) is 1.64. The summed E-state index contributed by atoms with van der Waals surface area (Å²) < 4.78 is 17.0. The van der Waals surface area contributed by atoms with Gasteiger partial charge in [-0.05, 0) is 82.3 Å². The number of ether oxygens (including phenoxy) is 3. The van der Waals surface area contributed by atoms with Gasteiger partial charge in [0, 0.05) is 29.8 Å². The van der Waals surface area contributed by atoms with Crippen LogP contribution >= 0.6 is 0 Å². The van der Waals surface area contributed by atoms with Crippen LogP contribution in [0.5, 0.6) is 11.5 Å². The first-order chi connectivity index (χ1) is 18.1. The van der Waals surface area contributed by atoms with E-state index in [1.165, 1.54) is 0 Å². The molecule has 1 aliphatic heterocycles. The average Bonchev–Trinajstić information content (AvgIpc) is 3.62. The van der Waals surface area contributed by atoms with Crippen LogP contribution in [0, 0.1) is 6.92 Å². The van der Waals surface area contributed by atoms with Gasteiger partial charge in [-0.25, -0.2) is 4.79 Å². The van der Waals surface area contributed by atoms with Crippen molar-refractivity contribution in [3.05, 3.63) is 65.4 Å². The quantitative estimate of drug-likeness (QED) is 0.454. The lowest BCUT2D eigenvalue weighted by Crippen LogP contribution is -2.55. The topological polar surface area (TPSA) is 90.0 Å². The van der Waals surface area contributed by atoms with Crippen molar-refractivity contribution in [1.29, 1.82) is 0 Å². The number of amides is 2. The largest absolute Gasteiger partial charge is 0.497 e. The molecule has 3 aromatic rings. The molecular formula is C30H35N3O5. The van der Waals surface area contributed by atoms with Crippen molar-refractivity contribution in [3.8, 4) is 11.5 Å². The van der Waals surface area contributed by atoms with Crippen molar-refractivity contribution in [2.75, 3.05) is 20.3 Å². The summed E-state index contributed by atoms with van der Waals surface area (Å²) >= 11 is 0.